The summed E-state index contributed by atoms with van der Waals surface area (Å²) in [4.78, 5) is 24.1. The van der Waals surface area contributed by atoms with Gasteiger partial charge in [0.1, 0.15) is 5.75 Å². The van der Waals surface area contributed by atoms with E-state index in [1.165, 1.54) is 0 Å². The highest BCUT2D eigenvalue weighted by molar-refractivity contribution is 6.01. The molecule has 0 unspecified atom stereocenters. The van der Waals surface area contributed by atoms with Crippen LogP contribution in [0.15, 0.2) is 54.6 Å². The predicted molar refractivity (Wildman–Crippen MR) is 78.6 cm³/mol. The van der Waals surface area contributed by atoms with E-state index in [0.717, 1.165) is 0 Å². The first-order chi connectivity index (χ1) is 10.1. The molecule has 0 saturated carbocycles. The van der Waals surface area contributed by atoms with Crippen LogP contribution in [0.5, 0.6) is 5.75 Å². The molecule has 0 amide bonds. The smallest absolute Gasteiger partial charge is 0.338 e. The zero-order chi connectivity index (χ0) is 15.2. The second-order valence-electron chi connectivity index (χ2n) is 4.51. The average Bonchev–Trinajstić information content (AvgIpc) is 2.55. The largest absolute Gasteiger partial charge is 0.497 e. The standard InChI is InChI=1S/C17H16O4/c1-12(16(18)13-6-4-3-5-7-13)21-17(19)14-8-10-15(20-2)11-9-14/h3-12H,1-2H3/t12-/m0/s1. The molecule has 0 aliphatic heterocycles. The van der Waals surface area contributed by atoms with Gasteiger partial charge in [-0.25, -0.2) is 4.79 Å². The molecule has 0 radical (unpaired) electrons. The third-order valence-electron chi connectivity index (χ3n) is 3.04. The van der Waals surface area contributed by atoms with Gasteiger partial charge in [0.2, 0.25) is 5.78 Å². The lowest BCUT2D eigenvalue weighted by molar-refractivity contribution is 0.0319. The van der Waals surface area contributed by atoms with Crippen LogP contribution in [-0.4, -0.2) is 25.0 Å². The van der Waals surface area contributed by atoms with Crippen molar-refractivity contribution in [2.24, 2.45) is 0 Å². The molecule has 2 rings (SSSR count). The number of ketones is 1. The van der Waals surface area contributed by atoms with Crippen LogP contribution in [0.25, 0.3) is 0 Å². The number of benzene rings is 2. The first kappa shape index (κ1) is 14.8. The van der Waals surface area contributed by atoms with Crippen LogP contribution < -0.4 is 4.74 Å². The summed E-state index contributed by atoms with van der Waals surface area (Å²) >= 11 is 0. The molecule has 0 saturated heterocycles. The Bertz CT molecular complexity index is 617. The van der Waals surface area contributed by atoms with E-state index in [-0.39, 0.29) is 5.78 Å². The fourth-order valence-corrected chi connectivity index (χ4v) is 1.85. The van der Waals surface area contributed by atoms with Gasteiger partial charge in [-0.2, -0.15) is 0 Å². The maximum atomic E-state index is 12.1. The van der Waals surface area contributed by atoms with E-state index in [0.29, 0.717) is 16.9 Å². The van der Waals surface area contributed by atoms with Crippen molar-refractivity contribution in [3.63, 3.8) is 0 Å². The number of methoxy groups -OCH3 is 1. The molecule has 4 nitrogen and oxygen atoms in total. The Labute approximate surface area is 123 Å². The van der Waals surface area contributed by atoms with Crippen LogP contribution in [0.4, 0.5) is 0 Å². The second-order valence-corrected chi connectivity index (χ2v) is 4.51. The quantitative estimate of drug-likeness (QED) is 0.625. The Morgan fingerprint density at radius 3 is 2.10 bits per heavy atom. The van der Waals surface area contributed by atoms with Crippen LogP contribution in [0.1, 0.15) is 27.6 Å². The first-order valence-electron chi connectivity index (χ1n) is 6.56. The molecule has 1 atom stereocenters. The summed E-state index contributed by atoms with van der Waals surface area (Å²) in [5, 5.41) is 0. The minimum atomic E-state index is -0.831. The van der Waals surface area contributed by atoms with Crippen molar-refractivity contribution in [3.8, 4) is 5.75 Å². The summed E-state index contributed by atoms with van der Waals surface area (Å²) in [6, 6.07) is 15.3. The van der Waals surface area contributed by atoms with Gasteiger partial charge in [0, 0.05) is 5.56 Å². The van der Waals surface area contributed by atoms with Gasteiger partial charge in [0.15, 0.2) is 6.10 Å². The van der Waals surface area contributed by atoms with Crippen LogP contribution in [0, 0.1) is 0 Å². The average molecular weight is 284 g/mol. The van der Waals surface area contributed by atoms with E-state index in [1.54, 1.807) is 62.6 Å². The van der Waals surface area contributed by atoms with Gasteiger partial charge in [0.05, 0.1) is 12.7 Å². The highest BCUT2D eigenvalue weighted by atomic mass is 16.5. The molecule has 0 aromatic heterocycles. The van der Waals surface area contributed by atoms with Gasteiger partial charge < -0.3 is 9.47 Å². The summed E-state index contributed by atoms with van der Waals surface area (Å²) in [6.07, 6.45) is -0.831. The molecule has 0 spiro atoms. The minimum Gasteiger partial charge on any atom is -0.497 e. The van der Waals surface area contributed by atoms with Gasteiger partial charge in [-0.15, -0.1) is 0 Å². The van der Waals surface area contributed by atoms with Crippen molar-refractivity contribution in [1.82, 2.24) is 0 Å². The lowest BCUT2D eigenvalue weighted by Gasteiger charge is -2.12. The van der Waals surface area contributed by atoms with E-state index >= 15 is 0 Å². The van der Waals surface area contributed by atoms with Crippen molar-refractivity contribution < 1.29 is 19.1 Å². The van der Waals surface area contributed by atoms with Crippen LogP contribution in [-0.2, 0) is 4.74 Å². The summed E-state index contributed by atoms with van der Waals surface area (Å²) < 4.78 is 10.2. The zero-order valence-corrected chi connectivity index (χ0v) is 11.9. The number of esters is 1. The number of carbonyl (C=O) groups is 2. The summed E-state index contributed by atoms with van der Waals surface area (Å²) in [7, 11) is 1.55. The molecule has 0 aliphatic rings. The summed E-state index contributed by atoms with van der Waals surface area (Å²) in [5.74, 6) is -0.105. The number of hydrogen-bond donors (Lipinski definition) is 0. The molecule has 0 fully saturated rings. The van der Waals surface area contributed by atoms with Gasteiger partial charge in [-0.1, -0.05) is 30.3 Å². The van der Waals surface area contributed by atoms with Crippen LogP contribution >= 0.6 is 0 Å². The Morgan fingerprint density at radius 2 is 1.52 bits per heavy atom. The molecule has 0 N–H and O–H groups in total. The van der Waals surface area contributed by atoms with Gasteiger partial charge in [-0.3, -0.25) is 4.79 Å². The fourth-order valence-electron chi connectivity index (χ4n) is 1.85. The number of carbonyl (C=O) groups excluding carboxylic acids is 2. The topological polar surface area (TPSA) is 52.6 Å². The van der Waals surface area contributed by atoms with Crippen molar-refractivity contribution >= 4 is 11.8 Å². The summed E-state index contributed by atoms with van der Waals surface area (Å²) in [5.41, 5.74) is 0.899. The predicted octanol–water partition coefficient (Wildman–Crippen LogP) is 3.12. The fraction of sp³-hybridized carbons (Fsp3) is 0.176. The van der Waals surface area contributed by atoms with E-state index in [1.807, 2.05) is 6.07 Å². The van der Waals surface area contributed by atoms with E-state index in [2.05, 4.69) is 0 Å². The SMILES string of the molecule is COc1ccc(C(=O)O[C@@H](C)C(=O)c2ccccc2)cc1. The highest BCUT2D eigenvalue weighted by Gasteiger charge is 2.20. The normalized spacial score (nSPS) is 11.5. The van der Waals surface area contributed by atoms with Gasteiger partial charge in [-0.05, 0) is 31.2 Å². The molecule has 2 aromatic rings. The number of Topliss-reactive ketones (excluding diaryl/α,β-unsaturated/α-hetero) is 1. The molecule has 0 heterocycles. The third kappa shape index (κ3) is 3.69. The Morgan fingerprint density at radius 1 is 0.905 bits per heavy atom. The van der Waals surface area contributed by atoms with Crippen LogP contribution in [0.3, 0.4) is 0 Å². The summed E-state index contributed by atoms with van der Waals surface area (Å²) in [6.45, 7) is 1.57. The monoisotopic (exact) mass is 284 g/mol. The van der Waals surface area contributed by atoms with Crippen molar-refractivity contribution in [1.29, 1.82) is 0 Å². The van der Waals surface area contributed by atoms with Crippen molar-refractivity contribution in [2.75, 3.05) is 7.11 Å². The Kier molecular flexibility index (Phi) is 4.72. The maximum Gasteiger partial charge on any atom is 0.338 e. The maximum absolute atomic E-state index is 12.1. The van der Waals surface area contributed by atoms with Gasteiger partial charge >= 0.3 is 5.97 Å². The Hall–Kier alpha value is -2.62. The number of rotatable bonds is 5. The molecule has 0 bridgehead atoms. The van der Waals surface area contributed by atoms with E-state index < -0.39 is 12.1 Å². The lowest BCUT2D eigenvalue weighted by Crippen LogP contribution is -2.24. The molecule has 0 aliphatic carbocycles. The molecule has 21 heavy (non-hydrogen) atoms. The lowest BCUT2D eigenvalue weighted by atomic mass is 10.1. The number of hydrogen-bond acceptors (Lipinski definition) is 4. The third-order valence-corrected chi connectivity index (χ3v) is 3.04. The van der Waals surface area contributed by atoms with Crippen molar-refractivity contribution in [2.45, 2.75) is 13.0 Å². The van der Waals surface area contributed by atoms with E-state index in [9.17, 15) is 9.59 Å². The van der Waals surface area contributed by atoms with Gasteiger partial charge in [0.25, 0.3) is 0 Å². The molecule has 2 aromatic carbocycles. The molecule has 108 valence electrons. The number of ether oxygens (including phenoxy) is 2. The second kappa shape index (κ2) is 6.70. The highest BCUT2D eigenvalue weighted by Crippen LogP contribution is 2.14. The zero-order valence-electron chi connectivity index (χ0n) is 11.9. The van der Waals surface area contributed by atoms with Crippen LogP contribution in [0.2, 0.25) is 0 Å². The first-order valence-corrected chi connectivity index (χ1v) is 6.56. The Balaban J connectivity index is 2.03. The molecular weight excluding hydrogens is 268 g/mol. The van der Waals surface area contributed by atoms with Crippen molar-refractivity contribution in [3.05, 3.63) is 65.7 Å². The molecular formula is C17H16O4. The van der Waals surface area contributed by atoms with E-state index in [4.69, 9.17) is 9.47 Å². The minimum absolute atomic E-state index is 0.225. The molecule has 4 heteroatoms.